The van der Waals surface area contributed by atoms with E-state index in [1.54, 1.807) is 18.2 Å². The first-order chi connectivity index (χ1) is 9.20. The molecule has 2 rings (SSSR count). The second-order valence-corrected chi connectivity index (χ2v) is 4.76. The van der Waals surface area contributed by atoms with Gasteiger partial charge >= 0.3 is 0 Å². The number of nitriles is 1. The summed E-state index contributed by atoms with van der Waals surface area (Å²) in [7, 11) is 0. The predicted molar refractivity (Wildman–Crippen MR) is 72.8 cm³/mol. The zero-order chi connectivity index (χ0) is 13.7. The fourth-order valence-electron chi connectivity index (χ4n) is 1.60. The minimum Gasteiger partial charge on any atom is -0.387 e. The van der Waals surface area contributed by atoms with Crippen molar-refractivity contribution in [2.24, 2.45) is 0 Å². The van der Waals surface area contributed by atoms with Crippen LogP contribution in [0.3, 0.4) is 0 Å². The van der Waals surface area contributed by atoms with Crippen molar-refractivity contribution in [3.8, 4) is 6.07 Å². The topological polar surface area (TPSA) is 73.1 Å². The zero-order valence-corrected chi connectivity index (χ0v) is 10.9. The van der Waals surface area contributed by atoms with Gasteiger partial charge in [-0.25, -0.2) is 0 Å². The van der Waals surface area contributed by atoms with Crippen LogP contribution in [-0.4, -0.2) is 17.6 Å². The number of benzene rings is 1. The number of hydrogen-bond donors (Lipinski definition) is 2. The summed E-state index contributed by atoms with van der Waals surface area (Å²) in [5.41, 5.74) is 1.64. The van der Waals surface area contributed by atoms with Gasteiger partial charge in [0, 0.05) is 12.1 Å². The number of thiophene rings is 1. The summed E-state index contributed by atoms with van der Waals surface area (Å²) in [4.78, 5) is 11.9. The molecule has 96 valence electrons. The molecule has 0 spiro atoms. The van der Waals surface area contributed by atoms with Crippen molar-refractivity contribution < 1.29 is 9.90 Å². The number of hydrogen-bond acceptors (Lipinski definition) is 4. The molecule has 0 fully saturated rings. The van der Waals surface area contributed by atoms with Gasteiger partial charge in [-0.2, -0.15) is 16.6 Å². The number of nitrogens with zero attached hydrogens (tertiary/aromatic N) is 1. The fraction of sp³-hybridized carbons (Fsp3) is 0.143. The van der Waals surface area contributed by atoms with Crippen molar-refractivity contribution in [3.63, 3.8) is 0 Å². The van der Waals surface area contributed by atoms with Gasteiger partial charge < -0.3 is 10.4 Å². The molecule has 2 N–H and O–H groups in total. The number of amides is 1. The fourth-order valence-corrected chi connectivity index (χ4v) is 2.31. The third kappa shape index (κ3) is 3.41. The summed E-state index contributed by atoms with van der Waals surface area (Å²) in [5.74, 6) is -0.300. The molecule has 0 aliphatic heterocycles. The molecule has 0 saturated carbocycles. The van der Waals surface area contributed by atoms with E-state index in [1.165, 1.54) is 17.4 Å². The van der Waals surface area contributed by atoms with E-state index in [0.29, 0.717) is 11.1 Å². The molecule has 2 aromatic rings. The lowest BCUT2D eigenvalue weighted by molar-refractivity contribution is 0.0916. The van der Waals surface area contributed by atoms with Crippen LogP contribution in [-0.2, 0) is 0 Å². The zero-order valence-electron chi connectivity index (χ0n) is 10.0. The number of carbonyl (C=O) groups is 1. The van der Waals surface area contributed by atoms with E-state index in [9.17, 15) is 9.90 Å². The molecule has 4 nitrogen and oxygen atoms in total. The Bertz CT molecular complexity index is 602. The van der Waals surface area contributed by atoms with Crippen LogP contribution in [0.4, 0.5) is 0 Å². The molecule has 0 aliphatic carbocycles. The molecule has 0 radical (unpaired) electrons. The summed E-state index contributed by atoms with van der Waals surface area (Å²) in [5, 5.41) is 25.0. The molecule has 19 heavy (non-hydrogen) atoms. The van der Waals surface area contributed by atoms with Crippen molar-refractivity contribution in [2.45, 2.75) is 6.10 Å². The van der Waals surface area contributed by atoms with Crippen LogP contribution < -0.4 is 5.32 Å². The van der Waals surface area contributed by atoms with Crippen LogP contribution >= 0.6 is 11.3 Å². The number of carbonyl (C=O) groups excluding carboxylic acids is 1. The molecule has 1 atom stereocenters. The van der Waals surface area contributed by atoms with Gasteiger partial charge in [-0.15, -0.1) is 0 Å². The minimum atomic E-state index is -0.714. The Morgan fingerprint density at radius 1 is 1.47 bits per heavy atom. The van der Waals surface area contributed by atoms with Crippen LogP contribution in [0, 0.1) is 11.3 Å². The van der Waals surface area contributed by atoms with Gasteiger partial charge in [-0.1, -0.05) is 6.07 Å². The molecular weight excluding hydrogens is 260 g/mol. The van der Waals surface area contributed by atoms with Crippen molar-refractivity contribution in [1.82, 2.24) is 5.32 Å². The monoisotopic (exact) mass is 272 g/mol. The van der Waals surface area contributed by atoms with E-state index in [0.717, 1.165) is 5.56 Å². The smallest absolute Gasteiger partial charge is 0.251 e. The molecule has 0 bridgehead atoms. The van der Waals surface area contributed by atoms with Crippen LogP contribution in [0.1, 0.15) is 27.6 Å². The van der Waals surface area contributed by atoms with Crippen molar-refractivity contribution >= 4 is 17.2 Å². The maximum atomic E-state index is 11.9. The average Bonchev–Trinajstić information content (AvgIpc) is 2.98. The molecule has 0 aliphatic rings. The second-order valence-electron chi connectivity index (χ2n) is 3.98. The molecule has 1 heterocycles. The number of nitrogens with one attached hydrogen (secondary N) is 1. The van der Waals surface area contributed by atoms with Crippen molar-refractivity contribution in [3.05, 3.63) is 57.8 Å². The maximum Gasteiger partial charge on any atom is 0.251 e. The largest absolute Gasteiger partial charge is 0.387 e. The van der Waals surface area contributed by atoms with Crippen LogP contribution in [0.25, 0.3) is 0 Å². The highest BCUT2D eigenvalue weighted by Gasteiger charge is 2.11. The first-order valence-electron chi connectivity index (χ1n) is 5.69. The van der Waals surface area contributed by atoms with Gasteiger partial charge in [-0.05, 0) is 40.6 Å². The van der Waals surface area contributed by atoms with E-state index >= 15 is 0 Å². The molecule has 0 unspecified atom stereocenters. The van der Waals surface area contributed by atoms with Gasteiger partial charge in [-0.3, -0.25) is 4.79 Å². The standard InChI is InChI=1S/C14H12N2O2S/c15-7-10-2-1-3-11(6-10)14(18)16-8-13(17)12-4-5-19-9-12/h1-6,9,13,17H,8H2,(H,16,18)/t13-/m0/s1. The summed E-state index contributed by atoms with van der Waals surface area (Å²) in [6.07, 6.45) is -0.714. The summed E-state index contributed by atoms with van der Waals surface area (Å²) in [6, 6.07) is 10.2. The normalized spacial score (nSPS) is 11.6. The number of aliphatic hydroxyl groups is 1. The second kappa shape index (κ2) is 6.14. The first-order valence-corrected chi connectivity index (χ1v) is 6.63. The lowest BCUT2D eigenvalue weighted by atomic mass is 10.1. The van der Waals surface area contributed by atoms with Crippen molar-refractivity contribution in [1.29, 1.82) is 5.26 Å². The van der Waals surface area contributed by atoms with E-state index in [4.69, 9.17) is 5.26 Å². The third-order valence-corrected chi connectivity index (χ3v) is 3.34. The lowest BCUT2D eigenvalue weighted by Gasteiger charge is -2.10. The average molecular weight is 272 g/mol. The number of rotatable bonds is 4. The van der Waals surface area contributed by atoms with Gasteiger partial charge in [0.15, 0.2) is 0 Å². The third-order valence-electron chi connectivity index (χ3n) is 2.64. The van der Waals surface area contributed by atoms with Gasteiger partial charge in [0.1, 0.15) is 0 Å². The van der Waals surface area contributed by atoms with E-state index in [-0.39, 0.29) is 12.5 Å². The highest BCUT2D eigenvalue weighted by molar-refractivity contribution is 7.07. The Morgan fingerprint density at radius 3 is 3.00 bits per heavy atom. The van der Waals surface area contributed by atoms with Gasteiger partial charge in [0.25, 0.3) is 5.91 Å². The summed E-state index contributed by atoms with van der Waals surface area (Å²) >= 11 is 1.49. The van der Waals surface area contributed by atoms with Gasteiger partial charge in [0.2, 0.25) is 0 Å². The maximum absolute atomic E-state index is 11.9. The highest BCUT2D eigenvalue weighted by Crippen LogP contribution is 2.15. The van der Waals surface area contributed by atoms with Crippen LogP contribution in [0.15, 0.2) is 41.1 Å². The Morgan fingerprint density at radius 2 is 2.32 bits per heavy atom. The molecular formula is C14H12N2O2S. The Kier molecular flexibility index (Phi) is 4.29. The van der Waals surface area contributed by atoms with Gasteiger partial charge in [0.05, 0.1) is 17.7 Å². The predicted octanol–water partition coefficient (Wildman–Crippen LogP) is 2.08. The minimum absolute atomic E-state index is 0.145. The molecule has 1 aromatic carbocycles. The molecule has 0 saturated heterocycles. The molecule has 1 amide bonds. The Labute approximate surface area is 114 Å². The first kappa shape index (κ1) is 13.3. The van der Waals surface area contributed by atoms with Crippen LogP contribution in [0.2, 0.25) is 0 Å². The molecule has 1 aromatic heterocycles. The Balaban J connectivity index is 1.96. The SMILES string of the molecule is N#Cc1cccc(C(=O)NC[C@H](O)c2ccsc2)c1. The highest BCUT2D eigenvalue weighted by atomic mass is 32.1. The van der Waals surface area contributed by atoms with E-state index in [1.807, 2.05) is 22.9 Å². The quantitative estimate of drug-likeness (QED) is 0.895. The van der Waals surface area contributed by atoms with Crippen LogP contribution in [0.5, 0.6) is 0 Å². The summed E-state index contributed by atoms with van der Waals surface area (Å²) in [6.45, 7) is 0.145. The van der Waals surface area contributed by atoms with E-state index < -0.39 is 6.10 Å². The van der Waals surface area contributed by atoms with E-state index in [2.05, 4.69) is 5.32 Å². The number of aliphatic hydroxyl groups excluding tert-OH is 1. The summed E-state index contributed by atoms with van der Waals surface area (Å²) < 4.78 is 0. The Hall–Kier alpha value is -2.16. The molecule has 5 heteroatoms. The lowest BCUT2D eigenvalue weighted by Crippen LogP contribution is -2.28. The van der Waals surface area contributed by atoms with Crippen molar-refractivity contribution in [2.75, 3.05) is 6.54 Å².